The van der Waals surface area contributed by atoms with Gasteiger partial charge in [-0.15, -0.1) is 0 Å². The minimum absolute atomic E-state index is 0.136. The summed E-state index contributed by atoms with van der Waals surface area (Å²) >= 11 is 0. The first-order valence-electron chi connectivity index (χ1n) is 12.0. The summed E-state index contributed by atoms with van der Waals surface area (Å²) in [5.74, 6) is 0.804. The summed E-state index contributed by atoms with van der Waals surface area (Å²) in [5.41, 5.74) is -0.0464. The summed E-state index contributed by atoms with van der Waals surface area (Å²) in [6, 6.07) is 8.49. The zero-order valence-corrected chi connectivity index (χ0v) is 21.2. The lowest BCUT2D eigenvalue weighted by molar-refractivity contribution is -0.137. The number of hydrogen-bond donors (Lipinski definition) is 3. The van der Waals surface area contributed by atoms with Gasteiger partial charge in [0.2, 0.25) is 5.91 Å². The van der Waals surface area contributed by atoms with Gasteiger partial charge in [0, 0.05) is 49.4 Å². The maximum Gasteiger partial charge on any atom is 0.418 e. The van der Waals surface area contributed by atoms with Crippen molar-refractivity contribution >= 4 is 17.3 Å². The fourth-order valence-electron chi connectivity index (χ4n) is 4.30. The lowest BCUT2D eigenvalue weighted by Crippen LogP contribution is -2.27. The number of alkyl halides is 3. The number of halogens is 3. The third-order valence-electron chi connectivity index (χ3n) is 6.22. The van der Waals surface area contributed by atoms with Crippen LogP contribution in [-0.4, -0.2) is 50.0 Å². The van der Waals surface area contributed by atoms with Crippen molar-refractivity contribution in [1.29, 1.82) is 0 Å². The molecule has 1 aromatic heterocycles. The van der Waals surface area contributed by atoms with Crippen LogP contribution in [0.3, 0.4) is 0 Å². The van der Waals surface area contributed by atoms with Crippen LogP contribution in [0.15, 0.2) is 41.2 Å². The molecule has 2 aromatic carbocycles. The van der Waals surface area contributed by atoms with E-state index in [2.05, 4.69) is 21.0 Å². The zero-order chi connectivity index (χ0) is 27.4. The summed E-state index contributed by atoms with van der Waals surface area (Å²) < 4.78 is 53.7. The number of anilines is 2. The molecule has 0 spiro atoms. The molecule has 202 valence electrons. The first-order valence-corrected chi connectivity index (χ1v) is 12.0. The summed E-state index contributed by atoms with van der Waals surface area (Å²) in [6.07, 6.45) is -3.52. The van der Waals surface area contributed by atoms with Crippen LogP contribution in [0.25, 0.3) is 16.9 Å². The first kappa shape index (κ1) is 26.8. The molecular formula is C26H28F3N5O4. The minimum atomic E-state index is -4.74. The van der Waals surface area contributed by atoms with Crippen LogP contribution in [-0.2, 0) is 17.4 Å². The summed E-state index contributed by atoms with van der Waals surface area (Å²) in [5, 5.41) is 13.0. The molecule has 1 amide bonds. The van der Waals surface area contributed by atoms with E-state index in [1.165, 1.54) is 33.4 Å². The van der Waals surface area contributed by atoms with Crippen molar-refractivity contribution in [3.8, 4) is 28.4 Å². The number of aromatic nitrogens is 2. The molecule has 3 aromatic rings. The second-order valence-electron chi connectivity index (χ2n) is 8.63. The van der Waals surface area contributed by atoms with E-state index < -0.39 is 23.0 Å². The molecule has 3 N–H and O–H groups in total. The first-order chi connectivity index (χ1) is 18.2. The molecule has 4 rings (SSSR count). The van der Waals surface area contributed by atoms with Crippen LogP contribution in [0.1, 0.15) is 24.0 Å². The molecule has 2 heterocycles. The Bertz CT molecular complexity index is 1380. The Morgan fingerprint density at radius 3 is 2.47 bits per heavy atom. The summed E-state index contributed by atoms with van der Waals surface area (Å²) in [4.78, 5) is 24.9. The Labute approximate surface area is 217 Å². The normalized spacial score (nSPS) is 12.5. The Hall–Kier alpha value is -4.22. The third kappa shape index (κ3) is 5.53. The molecule has 12 heteroatoms. The highest BCUT2D eigenvalue weighted by Gasteiger charge is 2.35. The largest absolute Gasteiger partial charge is 0.497 e. The molecule has 0 saturated carbocycles. The molecule has 0 saturated heterocycles. The number of fused-ring (bicyclic) bond motifs is 1. The molecule has 1 aliphatic heterocycles. The van der Waals surface area contributed by atoms with Crippen LogP contribution in [0.4, 0.5) is 24.5 Å². The number of nitrogens with zero attached hydrogens (tertiary/aromatic N) is 2. The van der Waals surface area contributed by atoms with Crippen molar-refractivity contribution < 1.29 is 27.4 Å². The van der Waals surface area contributed by atoms with Gasteiger partial charge >= 0.3 is 6.18 Å². The van der Waals surface area contributed by atoms with E-state index in [0.717, 1.165) is 10.7 Å². The SMILES string of the molecule is CNC(=O)CCCNc1ccc(C(F)(F)F)c(-n2nc(-c3cc(OC)cc(OC)c3)c3c(c2=O)NCC3)c1. The van der Waals surface area contributed by atoms with Crippen LogP contribution in [0, 0.1) is 0 Å². The minimum Gasteiger partial charge on any atom is -0.497 e. The lowest BCUT2D eigenvalue weighted by Gasteiger charge is -2.18. The highest BCUT2D eigenvalue weighted by Crippen LogP contribution is 2.37. The Balaban J connectivity index is 1.85. The van der Waals surface area contributed by atoms with Gasteiger partial charge in [-0.05, 0) is 43.2 Å². The molecule has 0 fully saturated rings. The maximum absolute atomic E-state index is 14.1. The average Bonchev–Trinajstić information content (AvgIpc) is 3.41. The Morgan fingerprint density at radius 2 is 1.84 bits per heavy atom. The van der Waals surface area contributed by atoms with E-state index in [9.17, 15) is 22.8 Å². The number of carbonyl (C=O) groups excluding carboxylic acids is 1. The van der Waals surface area contributed by atoms with Crippen LogP contribution in [0.5, 0.6) is 11.5 Å². The van der Waals surface area contributed by atoms with Gasteiger partial charge in [0.15, 0.2) is 0 Å². The molecule has 9 nitrogen and oxygen atoms in total. The molecule has 38 heavy (non-hydrogen) atoms. The Morgan fingerprint density at radius 1 is 1.13 bits per heavy atom. The van der Waals surface area contributed by atoms with E-state index in [-0.39, 0.29) is 18.0 Å². The number of nitrogens with one attached hydrogen (secondary N) is 3. The van der Waals surface area contributed by atoms with Gasteiger partial charge in [0.25, 0.3) is 5.56 Å². The molecule has 0 aliphatic carbocycles. The second kappa shape index (κ2) is 11.0. The van der Waals surface area contributed by atoms with Crippen molar-refractivity contribution in [2.75, 3.05) is 45.0 Å². The smallest absolute Gasteiger partial charge is 0.418 e. The number of benzene rings is 2. The van der Waals surface area contributed by atoms with Crippen LogP contribution >= 0.6 is 0 Å². The van der Waals surface area contributed by atoms with Gasteiger partial charge in [0.1, 0.15) is 17.2 Å². The van der Waals surface area contributed by atoms with Crippen molar-refractivity contribution in [2.24, 2.45) is 0 Å². The summed E-state index contributed by atoms with van der Waals surface area (Å²) in [6.45, 7) is 0.796. The molecular weight excluding hydrogens is 503 g/mol. The number of carbonyl (C=O) groups is 1. The van der Waals surface area contributed by atoms with E-state index in [4.69, 9.17) is 9.47 Å². The van der Waals surface area contributed by atoms with Gasteiger partial charge in [-0.1, -0.05) is 0 Å². The highest BCUT2D eigenvalue weighted by molar-refractivity contribution is 5.75. The average molecular weight is 532 g/mol. The number of amides is 1. The molecule has 0 unspecified atom stereocenters. The zero-order valence-electron chi connectivity index (χ0n) is 21.2. The standard InChI is InChI=1S/C26H28F3N5O4/c1-30-22(35)5-4-9-31-16-6-7-20(26(27,28)29)21(13-16)34-25(36)24-19(8-10-32-24)23(33-34)15-11-17(37-2)14-18(12-15)38-3/h6-7,11-14,31-32H,4-5,8-10H2,1-3H3,(H,30,35). The molecule has 0 bridgehead atoms. The monoisotopic (exact) mass is 531 g/mol. The number of ether oxygens (including phenoxy) is 2. The lowest BCUT2D eigenvalue weighted by atomic mass is 10.0. The van der Waals surface area contributed by atoms with Gasteiger partial charge in [-0.3, -0.25) is 9.59 Å². The van der Waals surface area contributed by atoms with Crippen molar-refractivity contribution in [1.82, 2.24) is 15.1 Å². The maximum atomic E-state index is 14.1. The topological polar surface area (TPSA) is 107 Å². The highest BCUT2D eigenvalue weighted by atomic mass is 19.4. The van der Waals surface area contributed by atoms with Gasteiger partial charge < -0.3 is 25.4 Å². The molecule has 0 atom stereocenters. The predicted octanol–water partition coefficient (Wildman–Crippen LogP) is 3.84. The van der Waals surface area contributed by atoms with Gasteiger partial charge in [-0.25, -0.2) is 0 Å². The quantitative estimate of drug-likeness (QED) is 0.360. The van der Waals surface area contributed by atoms with E-state index in [0.29, 0.717) is 59.9 Å². The van der Waals surface area contributed by atoms with Crippen LogP contribution in [0.2, 0.25) is 0 Å². The van der Waals surface area contributed by atoms with Crippen molar-refractivity contribution in [3.05, 3.63) is 57.9 Å². The van der Waals surface area contributed by atoms with Crippen LogP contribution < -0.4 is 31.0 Å². The number of methoxy groups -OCH3 is 2. The number of hydrogen-bond acceptors (Lipinski definition) is 7. The molecule has 1 aliphatic rings. The second-order valence-corrected chi connectivity index (χ2v) is 8.63. The van der Waals surface area contributed by atoms with Crippen molar-refractivity contribution in [2.45, 2.75) is 25.4 Å². The number of rotatable bonds is 9. The fourth-order valence-corrected chi connectivity index (χ4v) is 4.30. The van der Waals surface area contributed by atoms with E-state index >= 15 is 0 Å². The van der Waals surface area contributed by atoms with Gasteiger partial charge in [-0.2, -0.15) is 23.0 Å². The molecule has 0 radical (unpaired) electrons. The van der Waals surface area contributed by atoms with Gasteiger partial charge in [0.05, 0.1) is 31.2 Å². The summed E-state index contributed by atoms with van der Waals surface area (Å²) in [7, 11) is 4.51. The van der Waals surface area contributed by atoms with Crippen molar-refractivity contribution in [3.63, 3.8) is 0 Å². The van der Waals surface area contributed by atoms with E-state index in [1.807, 2.05) is 0 Å². The van der Waals surface area contributed by atoms with E-state index in [1.54, 1.807) is 18.2 Å². The fraction of sp³-hybridized carbons (Fsp3) is 0.346. The Kier molecular flexibility index (Phi) is 7.79. The third-order valence-corrected chi connectivity index (χ3v) is 6.22. The predicted molar refractivity (Wildman–Crippen MR) is 137 cm³/mol.